The van der Waals surface area contributed by atoms with E-state index in [1.165, 1.54) is 17.8 Å². The Morgan fingerprint density at radius 2 is 2.19 bits per heavy atom. The van der Waals surface area contributed by atoms with Gasteiger partial charge in [0.2, 0.25) is 0 Å². The molecule has 0 aliphatic rings. The first kappa shape index (κ1) is 13.3. The molecule has 0 atom stereocenters. The van der Waals surface area contributed by atoms with E-state index in [1.807, 2.05) is 19.0 Å². The van der Waals surface area contributed by atoms with Gasteiger partial charge in [-0.2, -0.15) is 0 Å². The number of thioether (sulfide) groups is 1. The predicted octanol–water partition coefficient (Wildman–Crippen LogP) is 2.90. The Hall–Kier alpha value is -0.780. The van der Waals surface area contributed by atoms with Crippen LogP contribution in [0.15, 0.2) is 23.1 Å². The smallest absolute Gasteiger partial charge is 0.301 e. The topological polar surface area (TPSA) is 46.4 Å². The summed E-state index contributed by atoms with van der Waals surface area (Å²) in [5.74, 6) is 0.800. The van der Waals surface area contributed by atoms with Crippen LogP contribution in [0.4, 0.5) is 5.69 Å². The number of nitro groups is 1. The Labute approximate surface area is 104 Å². The molecule has 1 aromatic carbocycles. The van der Waals surface area contributed by atoms with Crippen molar-refractivity contribution in [3.05, 3.63) is 33.3 Å². The van der Waals surface area contributed by atoms with Crippen LogP contribution in [0, 0.1) is 10.1 Å². The molecular weight excluding hydrogens is 248 g/mol. The van der Waals surface area contributed by atoms with E-state index in [-0.39, 0.29) is 10.7 Å². The fourth-order valence-corrected chi connectivity index (χ4v) is 2.60. The van der Waals surface area contributed by atoms with Gasteiger partial charge in [0.05, 0.1) is 9.82 Å². The average molecular weight is 261 g/mol. The normalized spacial score (nSPS) is 10.8. The lowest BCUT2D eigenvalue weighted by molar-refractivity contribution is -0.387. The van der Waals surface area contributed by atoms with Crippen LogP contribution in [0.25, 0.3) is 0 Å². The van der Waals surface area contributed by atoms with Gasteiger partial charge < -0.3 is 4.90 Å². The molecule has 0 aromatic heterocycles. The Morgan fingerprint density at radius 3 is 2.75 bits per heavy atom. The summed E-state index contributed by atoms with van der Waals surface area (Å²) < 4.78 is 0. The van der Waals surface area contributed by atoms with Crippen molar-refractivity contribution >= 4 is 29.1 Å². The molecule has 16 heavy (non-hydrogen) atoms. The third-order valence-corrected chi connectivity index (χ3v) is 3.26. The van der Waals surface area contributed by atoms with Crippen molar-refractivity contribution in [1.82, 2.24) is 4.90 Å². The van der Waals surface area contributed by atoms with Gasteiger partial charge in [0.25, 0.3) is 0 Å². The summed E-state index contributed by atoms with van der Waals surface area (Å²) in [6.07, 6.45) is 0. The molecular formula is C10H13ClN2O2S. The third kappa shape index (κ3) is 3.66. The molecule has 0 radical (unpaired) electrons. The molecule has 6 heteroatoms. The van der Waals surface area contributed by atoms with Gasteiger partial charge in [-0.3, -0.25) is 10.1 Å². The van der Waals surface area contributed by atoms with Gasteiger partial charge in [-0.15, -0.1) is 11.8 Å². The van der Waals surface area contributed by atoms with Crippen LogP contribution in [0.3, 0.4) is 0 Å². The van der Waals surface area contributed by atoms with Gasteiger partial charge >= 0.3 is 5.69 Å². The molecule has 0 unspecified atom stereocenters. The van der Waals surface area contributed by atoms with Crippen molar-refractivity contribution in [2.24, 2.45) is 0 Å². The minimum atomic E-state index is -0.430. The molecule has 0 saturated heterocycles. The summed E-state index contributed by atoms with van der Waals surface area (Å²) in [6.45, 7) is 0.869. The highest BCUT2D eigenvalue weighted by molar-refractivity contribution is 7.99. The Kier molecular flexibility index (Phi) is 5.05. The predicted molar refractivity (Wildman–Crippen MR) is 67.4 cm³/mol. The molecule has 0 aliphatic heterocycles. The molecule has 0 N–H and O–H groups in total. The van der Waals surface area contributed by atoms with Crippen LogP contribution >= 0.6 is 23.4 Å². The summed E-state index contributed by atoms with van der Waals surface area (Å²) in [5.41, 5.74) is 0.00734. The van der Waals surface area contributed by atoms with Gasteiger partial charge in [0, 0.05) is 12.3 Å². The lowest BCUT2D eigenvalue weighted by Crippen LogP contribution is -2.14. The molecule has 0 fully saturated rings. The molecule has 0 heterocycles. The van der Waals surface area contributed by atoms with Gasteiger partial charge in [-0.1, -0.05) is 17.7 Å². The van der Waals surface area contributed by atoms with Crippen LogP contribution in [-0.4, -0.2) is 36.2 Å². The quantitative estimate of drug-likeness (QED) is 0.464. The minimum absolute atomic E-state index is 0.00734. The Balaban J connectivity index is 2.79. The standard InChI is InChI=1S/C10H13ClN2O2S/c1-12(2)6-7-16-9-5-3-4-8(11)10(9)13(14)15/h3-5H,6-7H2,1-2H3. The molecule has 4 nitrogen and oxygen atoms in total. The average Bonchev–Trinajstić information content (AvgIpc) is 2.16. The third-order valence-electron chi connectivity index (χ3n) is 1.93. The largest absolute Gasteiger partial charge is 0.309 e. The minimum Gasteiger partial charge on any atom is -0.309 e. The summed E-state index contributed by atoms with van der Waals surface area (Å²) in [6, 6.07) is 4.99. The van der Waals surface area contributed by atoms with Crippen molar-refractivity contribution < 1.29 is 4.92 Å². The first-order valence-corrected chi connectivity index (χ1v) is 6.09. The number of hydrogen-bond acceptors (Lipinski definition) is 4. The molecule has 0 amide bonds. The summed E-state index contributed by atoms with van der Waals surface area (Å²) >= 11 is 7.25. The Morgan fingerprint density at radius 1 is 1.50 bits per heavy atom. The highest BCUT2D eigenvalue weighted by Crippen LogP contribution is 2.34. The van der Waals surface area contributed by atoms with E-state index in [0.717, 1.165) is 12.3 Å². The van der Waals surface area contributed by atoms with Gasteiger partial charge in [0.15, 0.2) is 0 Å². The number of rotatable bonds is 5. The molecule has 0 saturated carbocycles. The Bertz CT molecular complexity index is 385. The zero-order valence-corrected chi connectivity index (χ0v) is 10.7. The second-order valence-electron chi connectivity index (χ2n) is 3.50. The van der Waals surface area contributed by atoms with Crippen molar-refractivity contribution in [2.75, 3.05) is 26.4 Å². The van der Waals surface area contributed by atoms with E-state index < -0.39 is 4.92 Å². The zero-order chi connectivity index (χ0) is 12.1. The summed E-state index contributed by atoms with van der Waals surface area (Å²) in [5, 5.41) is 11.0. The highest BCUT2D eigenvalue weighted by atomic mass is 35.5. The maximum atomic E-state index is 10.8. The molecule has 1 aromatic rings. The molecule has 0 spiro atoms. The van der Waals surface area contributed by atoms with Crippen molar-refractivity contribution in [3.8, 4) is 0 Å². The van der Waals surface area contributed by atoms with E-state index in [2.05, 4.69) is 0 Å². The van der Waals surface area contributed by atoms with E-state index in [4.69, 9.17) is 11.6 Å². The number of benzene rings is 1. The van der Waals surface area contributed by atoms with Crippen LogP contribution in [-0.2, 0) is 0 Å². The van der Waals surface area contributed by atoms with Crippen LogP contribution in [0.1, 0.15) is 0 Å². The highest BCUT2D eigenvalue weighted by Gasteiger charge is 2.18. The summed E-state index contributed by atoms with van der Waals surface area (Å²) in [4.78, 5) is 13.1. The zero-order valence-electron chi connectivity index (χ0n) is 9.14. The van der Waals surface area contributed by atoms with Crippen molar-refractivity contribution in [1.29, 1.82) is 0 Å². The fraction of sp³-hybridized carbons (Fsp3) is 0.400. The van der Waals surface area contributed by atoms with Gasteiger partial charge in [0.1, 0.15) is 5.02 Å². The molecule has 88 valence electrons. The van der Waals surface area contributed by atoms with Crippen LogP contribution in [0.2, 0.25) is 5.02 Å². The van der Waals surface area contributed by atoms with E-state index in [1.54, 1.807) is 12.1 Å². The van der Waals surface area contributed by atoms with Crippen molar-refractivity contribution in [2.45, 2.75) is 4.90 Å². The second-order valence-corrected chi connectivity index (χ2v) is 5.04. The van der Waals surface area contributed by atoms with E-state index in [9.17, 15) is 10.1 Å². The number of para-hydroxylation sites is 1. The SMILES string of the molecule is CN(C)CCSc1cccc(Cl)c1[N+](=O)[O-]. The van der Waals surface area contributed by atoms with Crippen LogP contribution in [0.5, 0.6) is 0 Å². The van der Waals surface area contributed by atoms with E-state index in [0.29, 0.717) is 4.90 Å². The molecule has 1 rings (SSSR count). The maximum absolute atomic E-state index is 10.8. The van der Waals surface area contributed by atoms with Gasteiger partial charge in [-0.25, -0.2) is 0 Å². The van der Waals surface area contributed by atoms with Crippen LogP contribution < -0.4 is 0 Å². The monoisotopic (exact) mass is 260 g/mol. The number of hydrogen-bond donors (Lipinski definition) is 0. The number of halogens is 1. The van der Waals surface area contributed by atoms with Crippen molar-refractivity contribution in [3.63, 3.8) is 0 Å². The summed E-state index contributed by atoms with van der Waals surface area (Å²) in [7, 11) is 3.93. The molecule has 0 aliphatic carbocycles. The molecule has 0 bridgehead atoms. The lowest BCUT2D eigenvalue weighted by Gasteiger charge is -2.09. The first-order valence-electron chi connectivity index (χ1n) is 4.73. The second kappa shape index (κ2) is 6.08. The number of nitro benzene ring substituents is 1. The first-order chi connectivity index (χ1) is 7.52. The number of nitrogens with zero attached hydrogens (tertiary/aromatic N) is 2. The van der Waals surface area contributed by atoms with Gasteiger partial charge in [-0.05, 0) is 26.2 Å². The lowest BCUT2D eigenvalue weighted by atomic mass is 10.3. The van der Waals surface area contributed by atoms with E-state index >= 15 is 0 Å². The maximum Gasteiger partial charge on any atom is 0.301 e. The fourth-order valence-electron chi connectivity index (χ4n) is 1.13.